The number of methoxy groups -OCH3 is 3. The number of likely N-dealkylation sites (tertiary alicyclic amines) is 1. The van der Waals surface area contributed by atoms with Crippen molar-refractivity contribution in [2.45, 2.75) is 12.6 Å². The van der Waals surface area contributed by atoms with Crippen molar-refractivity contribution in [3.63, 3.8) is 0 Å². The molecule has 0 saturated carbocycles. The lowest BCUT2D eigenvalue weighted by atomic mass is 9.94. The largest absolute Gasteiger partial charge is 0.872 e. The molecule has 1 aromatic heterocycles. The van der Waals surface area contributed by atoms with Crippen LogP contribution in [0.2, 0.25) is 0 Å². The fraction of sp³-hybridized carbons (Fsp3) is 0.192. The Bertz CT molecular complexity index is 1240. The molecule has 0 spiro atoms. The zero-order chi connectivity index (χ0) is 24.2. The number of pyridine rings is 1. The smallest absolute Gasteiger partial charge is 0.295 e. The Morgan fingerprint density at radius 2 is 1.68 bits per heavy atom. The van der Waals surface area contributed by atoms with Gasteiger partial charge in [0.2, 0.25) is 5.78 Å². The molecule has 1 atom stereocenters. The quantitative estimate of drug-likeness (QED) is 0.303. The number of benzene rings is 2. The van der Waals surface area contributed by atoms with Crippen LogP contribution in [0, 0.1) is 0 Å². The van der Waals surface area contributed by atoms with E-state index in [-0.39, 0.29) is 17.7 Å². The minimum atomic E-state index is -0.958. The number of H-pyrrole nitrogens is 1. The molecule has 2 heterocycles. The highest BCUT2D eigenvalue weighted by Crippen LogP contribution is 2.44. The van der Waals surface area contributed by atoms with E-state index in [1.165, 1.54) is 26.2 Å². The number of aromatic amines is 1. The Kier molecular flexibility index (Phi) is 6.49. The highest BCUT2D eigenvalue weighted by Gasteiger charge is 2.45. The van der Waals surface area contributed by atoms with Crippen molar-refractivity contribution in [3.05, 3.63) is 89.3 Å². The Hall–Kier alpha value is -4.33. The van der Waals surface area contributed by atoms with Crippen molar-refractivity contribution in [3.8, 4) is 17.2 Å². The molecular formula is C26H24N2O6. The number of Topliss-reactive ketones (excluding diaryl/α,β-unsaturated/α-hetero) is 1. The molecule has 1 N–H and O–H groups in total. The van der Waals surface area contributed by atoms with E-state index in [0.29, 0.717) is 22.8 Å². The number of carbonyl (C=O) groups excluding carboxylic acids is 2. The molecule has 174 valence electrons. The van der Waals surface area contributed by atoms with Gasteiger partial charge in [0.15, 0.2) is 12.4 Å². The third-order valence-electron chi connectivity index (χ3n) is 5.74. The van der Waals surface area contributed by atoms with Crippen LogP contribution in [0.4, 0.5) is 0 Å². The molecule has 1 aliphatic rings. The van der Waals surface area contributed by atoms with Gasteiger partial charge in [-0.3, -0.25) is 9.59 Å². The SMILES string of the molecule is COc1ccc(C([O-])=C2C(=O)C(=O)N(Cc3ccc[nH+]c3)C2c2cc(OC)ccc2OC)cc1. The molecule has 0 bridgehead atoms. The lowest BCUT2D eigenvalue weighted by molar-refractivity contribution is -0.378. The van der Waals surface area contributed by atoms with Gasteiger partial charge >= 0.3 is 0 Å². The molecule has 1 unspecified atom stereocenters. The van der Waals surface area contributed by atoms with Crippen molar-refractivity contribution in [1.29, 1.82) is 0 Å². The van der Waals surface area contributed by atoms with Gasteiger partial charge in [-0.2, -0.15) is 0 Å². The van der Waals surface area contributed by atoms with Gasteiger partial charge in [0.1, 0.15) is 17.2 Å². The van der Waals surface area contributed by atoms with Crippen molar-refractivity contribution in [2.75, 3.05) is 21.3 Å². The molecule has 0 radical (unpaired) electrons. The first-order chi connectivity index (χ1) is 16.5. The Labute approximate surface area is 197 Å². The van der Waals surface area contributed by atoms with E-state index in [9.17, 15) is 14.7 Å². The summed E-state index contributed by atoms with van der Waals surface area (Å²) in [5.74, 6) is -0.614. The first-order valence-electron chi connectivity index (χ1n) is 10.6. The summed E-state index contributed by atoms with van der Waals surface area (Å²) in [6.45, 7) is 0.117. The predicted molar refractivity (Wildman–Crippen MR) is 121 cm³/mol. The number of rotatable bonds is 7. The summed E-state index contributed by atoms with van der Waals surface area (Å²) in [4.78, 5) is 30.8. The molecule has 8 nitrogen and oxygen atoms in total. The van der Waals surface area contributed by atoms with Crippen molar-refractivity contribution in [2.24, 2.45) is 0 Å². The Morgan fingerprint density at radius 1 is 0.971 bits per heavy atom. The molecule has 1 amide bonds. The minimum Gasteiger partial charge on any atom is -0.872 e. The molecule has 1 fully saturated rings. The predicted octanol–water partition coefficient (Wildman–Crippen LogP) is 1.95. The number of ether oxygens (including phenoxy) is 3. The Morgan fingerprint density at radius 3 is 2.29 bits per heavy atom. The van der Waals surface area contributed by atoms with Crippen LogP contribution in [-0.4, -0.2) is 37.9 Å². The lowest BCUT2D eigenvalue weighted by Crippen LogP contribution is -2.30. The monoisotopic (exact) mass is 460 g/mol. The molecule has 3 aromatic rings. The zero-order valence-electron chi connectivity index (χ0n) is 19.0. The van der Waals surface area contributed by atoms with Gasteiger partial charge in [0.05, 0.1) is 33.9 Å². The van der Waals surface area contributed by atoms with Crippen LogP contribution >= 0.6 is 0 Å². The van der Waals surface area contributed by atoms with Crippen LogP contribution in [-0.2, 0) is 16.1 Å². The molecule has 2 aromatic carbocycles. The number of amides is 1. The minimum absolute atomic E-state index is 0.117. The van der Waals surface area contributed by atoms with Crippen molar-refractivity contribution in [1.82, 2.24) is 4.90 Å². The first kappa shape index (κ1) is 22.8. The third kappa shape index (κ3) is 4.17. The molecule has 4 rings (SSSR count). The van der Waals surface area contributed by atoms with E-state index in [1.54, 1.807) is 60.9 Å². The average Bonchev–Trinajstić information content (AvgIpc) is 3.13. The number of hydrogen-bond acceptors (Lipinski definition) is 6. The summed E-state index contributed by atoms with van der Waals surface area (Å²) in [5.41, 5.74) is 1.40. The highest BCUT2D eigenvalue weighted by molar-refractivity contribution is 6.46. The van der Waals surface area contributed by atoms with Crippen LogP contribution in [0.25, 0.3) is 5.76 Å². The molecule has 1 saturated heterocycles. The number of hydrogen-bond donors (Lipinski definition) is 0. The van der Waals surface area contributed by atoms with Crippen molar-refractivity contribution < 1.29 is 33.9 Å². The lowest BCUT2D eigenvalue weighted by Gasteiger charge is -2.28. The first-order valence-corrected chi connectivity index (χ1v) is 10.6. The molecule has 34 heavy (non-hydrogen) atoms. The zero-order valence-corrected chi connectivity index (χ0v) is 19.0. The van der Waals surface area contributed by atoms with Gasteiger partial charge < -0.3 is 24.2 Å². The summed E-state index contributed by atoms with van der Waals surface area (Å²) in [6.07, 6.45) is 3.48. The maximum Gasteiger partial charge on any atom is 0.295 e. The number of carbonyl (C=O) groups is 2. The second-order valence-electron chi connectivity index (χ2n) is 7.66. The van der Waals surface area contributed by atoms with Gasteiger partial charge in [0.25, 0.3) is 5.91 Å². The number of ketones is 1. The maximum absolute atomic E-state index is 13.6. The van der Waals surface area contributed by atoms with E-state index < -0.39 is 23.5 Å². The number of nitrogens with one attached hydrogen (secondary N) is 1. The van der Waals surface area contributed by atoms with E-state index in [0.717, 1.165) is 5.56 Å². The highest BCUT2D eigenvalue weighted by atomic mass is 16.5. The van der Waals surface area contributed by atoms with Gasteiger partial charge in [-0.15, -0.1) is 0 Å². The van der Waals surface area contributed by atoms with Crippen LogP contribution in [0.1, 0.15) is 22.7 Å². The van der Waals surface area contributed by atoms with Crippen molar-refractivity contribution >= 4 is 17.4 Å². The fourth-order valence-electron chi connectivity index (χ4n) is 4.03. The summed E-state index contributed by atoms with van der Waals surface area (Å²) in [6, 6.07) is 14.2. The normalized spacial score (nSPS) is 17.0. The van der Waals surface area contributed by atoms with Gasteiger partial charge in [0, 0.05) is 22.8 Å². The summed E-state index contributed by atoms with van der Waals surface area (Å²) in [7, 11) is 4.53. The third-order valence-corrected chi connectivity index (χ3v) is 5.74. The van der Waals surface area contributed by atoms with Crippen LogP contribution < -0.4 is 24.3 Å². The summed E-state index contributed by atoms with van der Waals surface area (Å²) >= 11 is 0. The number of nitrogens with zero attached hydrogens (tertiary/aromatic N) is 1. The van der Waals surface area contributed by atoms with Crippen LogP contribution in [0.5, 0.6) is 17.2 Å². The van der Waals surface area contributed by atoms with Crippen LogP contribution in [0.3, 0.4) is 0 Å². The standard InChI is InChI=1S/C26H24N2O6/c1-32-18-8-6-17(7-9-18)24(29)22-23(20-13-19(33-2)10-11-21(20)34-3)28(26(31)25(22)30)15-16-5-4-12-27-14-16/h4-14,23,29H,15H2,1-3H3. The molecule has 0 aliphatic carbocycles. The van der Waals surface area contributed by atoms with Gasteiger partial charge in [-0.05, 0) is 42.0 Å². The second-order valence-corrected chi connectivity index (χ2v) is 7.66. The number of aromatic nitrogens is 1. The van der Waals surface area contributed by atoms with E-state index in [4.69, 9.17) is 14.2 Å². The van der Waals surface area contributed by atoms with Gasteiger partial charge in [-0.25, -0.2) is 4.98 Å². The van der Waals surface area contributed by atoms with E-state index >= 15 is 0 Å². The van der Waals surface area contributed by atoms with Gasteiger partial charge in [-0.1, -0.05) is 17.9 Å². The summed E-state index contributed by atoms with van der Waals surface area (Å²) < 4.78 is 16.1. The topological polar surface area (TPSA) is 102 Å². The average molecular weight is 460 g/mol. The van der Waals surface area contributed by atoms with E-state index in [1.807, 2.05) is 6.07 Å². The second kappa shape index (κ2) is 9.66. The molecule has 8 heteroatoms. The summed E-state index contributed by atoms with van der Waals surface area (Å²) in [5, 5.41) is 13.6. The van der Waals surface area contributed by atoms with E-state index in [2.05, 4.69) is 4.98 Å². The molecular weight excluding hydrogens is 436 g/mol. The molecule has 1 aliphatic heterocycles. The fourth-order valence-corrected chi connectivity index (χ4v) is 4.03. The van der Waals surface area contributed by atoms with Crippen LogP contribution in [0.15, 0.2) is 72.6 Å². The maximum atomic E-state index is 13.6. The Balaban J connectivity index is 1.92.